The van der Waals surface area contributed by atoms with E-state index in [0.717, 1.165) is 12.0 Å². The molecular formula is C8H13Cl2O4P. The van der Waals surface area contributed by atoms with Crippen molar-refractivity contribution in [3.8, 4) is 5.75 Å². The Morgan fingerprint density at radius 2 is 1.67 bits per heavy atom. The van der Waals surface area contributed by atoms with Gasteiger partial charge in [0.1, 0.15) is 5.75 Å². The normalized spacial score (nSPS) is 9.80. The van der Waals surface area contributed by atoms with Crippen LogP contribution in [0.25, 0.3) is 0 Å². The molecular weight excluding hydrogens is 262 g/mol. The van der Waals surface area contributed by atoms with Crippen LogP contribution in [0.2, 0.25) is 0 Å². The van der Waals surface area contributed by atoms with Crippen molar-refractivity contribution in [2.45, 2.75) is 13.3 Å². The Hall–Kier alpha value is -0.250. The van der Waals surface area contributed by atoms with Crippen molar-refractivity contribution in [2.24, 2.45) is 0 Å². The van der Waals surface area contributed by atoms with Crippen molar-refractivity contribution in [1.82, 2.24) is 0 Å². The summed E-state index contributed by atoms with van der Waals surface area (Å²) in [7, 11) is -4.41. The van der Waals surface area contributed by atoms with Crippen LogP contribution in [-0.4, -0.2) is 9.79 Å². The highest BCUT2D eigenvalue weighted by atomic mass is 35.5. The first-order valence-corrected chi connectivity index (χ1v) is 5.38. The molecule has 0 aliphatic heterocycles. The van der Waals surface area contributed by atoms with E-state index >= 15 is 0 Å². The molecule has 0 aliphatic rings. The molecule has 0 atom stereocenters. The van der Waals surface area contributed by atoms with Crippen molar-refractivity contribution in [3.05, 3.63) is 29.8 Å². The van der Waals surface area contributed by atoms with E-state index in [9.17, 15) is 4.57 Å². The maximum absolute atomic E-state index is 10.4. The third kappa shape index (κ3) is 6.77. The number of phosphoric ester groups is 1. The highest BCUT2D eigenvalue weighted by Crippen LogP contribution is 2.37. The Labute approximate surface area is 101 Å². The van der Waals surface area contributed by atoms with Gasteiger partial charge in [0.2, 0.25) is 0 Å². The third-order valence-corrected chi connectivity index (χ3v) is 2.00. The molecule has 0 amide bonds. The Balaban J connectivity index is 0. The fraction of sp³-hybridized carbons (Fsp3) is 0.250. The summed E-state index contributed by atoms with van der Waals surface area (Å²) < 4.78 is 14.8. The summed E-state index contributed by atoms with van der Waals surface area (Å²) in [6, 6.07) is 6.62. The summed E-state index contributed by atoms with van der Waals surface area (Å²) in [5.74, 6) is 0.186. The molecule has 1 aromatic rings. The van der Waals surface area contributed by atoms with Crippen molar-refractivity contribution in [2.75, 3.05) is 0 Å². The Bertz CT molecular complexity index is 322. The average molecular weight is 275 g/mol. The lowest BCUT2D eigenvalue weighted by Crippen LogP contribution is -1.90. The molecule has 1 aromatic carbocycles. The fourth-order valence-electron chi connectivity index (χ4n) is 0.923. The van der Waals surface area contributed by atoms with Crippen LogP contribution < -0.4 is 4.52 Å². The molecule has 1 rings (SSSR count). The van der Waals surface area contributed by atoms with Crippen LogP contribution in [0.4, 0.5) is 0 Å². The molecule has 0 fully saturated rings. The van der Waals surface area contributed by atoms with Gasteiger partial charge in [0.15, 0.2) is 0 Å². The fourth-order valence-corrected chi connectivity index (χ4v) is 1.32. The molecule has 0 saturated carbocycles. The quantitative estimate of drug-likeness (QED) is 0.832. The first kappa shape index (κ1) is 17.2. The number of benzene rings is 1. The molecule has 4 nitrogen and oxygen atoms in total. The molecule has 0 radical (unpaired) electrons. The second kappa shape index (κ2) is 7.09. The van der Waals surface area contributed by atoms with Crippen LogP contribution in [0.3, 0.4) is 0 Å². The van der Waals surface area contributed by atoms with Crippen molar-refractivity contribution in [1.29, 1.82) is 0 Å². The van der Waals surface area contributed by atoms with Gasteiger partial charge < -0.3 is 4.52 Å². The molecule has 7 heteroatoms. The molecule has 88 valence electrons. The first-order chi connectivity index (χ1) is 6.01. The lowest BCUT2D eigenvalue weighted by atomic mass is 10.2. The zero-order chi connectivity index (χ0) is 9.90. The number of aryl methyl sites for hydroxylation is 1. The lowest BCUT2D eigenvalue weighted by Gasteiger charge is -2.06. The van der Waals surface area contributed by atoms with Gasteiger partial charge in [-0.15, -0.1) is 24.8 Å². The minimum absolute atomic E-state index is 0. The number of phosphoric acid groups is 1. The van der Waals surface area contributed by atoms with E-state index in [4.69, 9.17) is 9.79 Å². The van der Waals surface area contributed by atoms with E-state index < -0.39 is 7.82 Å². The lowest BCUT2D eigenvalue weighted by molar-refractivity contribution is 0.283. The minimum Gasteiger partial charge on any atom is -0.404 e. The summed E-state index contributed by atoms with van der Waals surface area (Å²) in [5, 5.41) is 0. The summed E-state index contributed by atoms with van der Waals surface area (Å²) in [5.41, 5.74) is 1.10. The van der Waals surface area contributed by atoms with Gasteiger partial charge >= 0.3 is 7.82 Å². The van der Waals surface area contributed by atoms with E-state index in [2.05, 4.69) is 4.52 Å². The van der Waals surface area contributed by atoms with Gasteiger partial charge in [-0.1, -0.05) is 19.1 Å². The van der Waals surface area contributed by atoms with Gasteiger partial charge in [-0.3, -0.25) is 9.79 Å². The van der Waals surface area contributed by atoms with Gasteiger partial charge in [0, 0.05) is 0 Å². The molecule has 15 heavy (non-hydrogen) atoms. The minimum atomic E-state index is -4.41. The molecule has 0 aliphatic carbocycles. The monoisotopic (exact) mass is 274 g/mol. The molecule has 0 aromatic heterocycles. The Morgan fingerprint density at radius 1 is 1.20 bits per heavy atom. The smallest absolute Gasteiger partial charge is 0.404 e. The van der Waals surface area contributed by atoms with Gasteiger partial charge in [0.05, 0.1) is 0 Å². The molecule has 2 N–H and O–H groups in total. The summed E-state index contributed by atoms with van der Waals surface area (Å²) >= 11 is 0. The zero-order valence-corrected chi connectivity index (χ0v) is 10.5. The highest BCUT2D eigenvalue weighted by Gasteiger charge is 2.15. The third-order valence-electron chi connectivity index (χ3n) is 1.56. The van der Waals surface area contributed by atoms with Crippen molar-refractivity contribution < 1.29 is 18.9 Å². The SMILES string of the molecule is CCc1ccc(OP(=O)(O)O)cc1.Cl.Cl. The van der Waals surface area contributed by atoms with Crippen LogP contribution in [0.15, 0.2) is 24.3 Å². The van der Waals surface area contributed by atoms with Gasteiger partial charge in [-0.05, 0) is 24.1 Å². The zero-order valence-electron chi connectivity index (χ0n) is 7.99. The van der Waals surface area contributed by atoms with E-state index in [-0.39, 0.29) is 30.6 Å². The van der Waals surface area contributed by atoms with Crippen LogP contribution in [-0.2, 0) is 11.0 Å². The van der Waals surface area contributed by atoms with Gasteiger partial charge in [0.25, 0.3) is 0 Å². The second-order valence-corrected chi connectivity index (χ2v) is 3.74. The standard InChI is InChI=1S/C8H11O4P.2ClH/c1-2-7-3-5-8(6-4-7)12-13(9,10)11;;/h3-6H,2H2,1H3,(H2,9,10,11);2*1H. The molecule has 0 bridgehead atoms. The highest BCUT2D eigenvalue weighted by molar-refractivity contribution is 7.46. The first-order valence-electron chi connectivity index (χ1n) is 3.85. The van der Waals surface area contributed by atoms with Crippen LogP contribution in [0.5, 0.6) is 5.75 Å². The topological polar surface area (TPSA) is 66.8 Å². The second-order valence-electron chi connectivity index (χ2n) is 2.58. The molecule has 0 spiro atoms. The Kier molecular flexibility index (Phi) is 8.11. The predicted octanol–water partition coefficient (Wildman–Crippen LogP) is 2.56. The Morgan fingerprint density at radius 3 is 2.00 bits per heavy atom. The number of hydrogen-bond donors (Lipinski definition) is 2. The molecule has 0 heterocycles. The average Bonchev–Trinajstić information content (AvgIpc) is 2.03. The van der Waals surface area contributed by atoms with Gasteiger partial charge in [-0.2, -0.15) is 0 Å². The van der Waals surface area contributed by atoms with Gasteiger partial charge in [-0.25, -0.2) is 4.57 Å². The maximum atomic E-state index is 10.4. The summed E-state index contributed by atoms with van der Waals surface area (Å²) in [6.45, 7) is 2.00. The number of hydrogen-bond acceptors (Lipinski definition) is 2. The molecule has 0 saturated heterocycles. The van der Waals surface area contributed by atoms with E-state index in [1.807, 2.05) is 6.92 Å². The van der Waals surface area contributed by atoms with Crippen LogP contribution in [0, 0.1) is 0 Å². The number of halogens is 2. The predicted molar refractivity (Wildman–Crippen MR) is 63.0 cm³/mol. The maximum Gasteiger partial charge on any atom is 0.524 e. The van der Waals surface area contributed by atoms with Crippen molar-refractivity contribution >= 4 is 32.6 Å². The van der Waals surface area contributed by atoms with Crippen LogP contribution in [0.1, 0.15) is 12.5 Å². The van der Waals surface area contributed by atoms with E-state index in [0.29, 0.717) is 0 Å². The van der Waals surface area contributed by atoms with E-state index in [1.165, 1.54) is 12.1 Å². The van der Waals surface area contributed by atoms with E-state index in [1.54, 1.807) is 12.1 Å². The summed E-state index contributed by atoms with van der Waals surface area (Å²) in [6.07, 6.45) is 0.885. The summed E-state index contributed by atoms with van der Waals surface area (Å²) in [4.78, 5) is 17.0. The van der Waals surface area contributed by atoms with Crippen molar-refractivity contribution in [3.63, 3.8) is 0 Å². The largest absolute Gasteiger partial charge is 0.524 e. The number of rotatable bonds is 3. The van der Waals surface area contributed by atoms with Crippen LogP contribution >= 0.6 is 32.6 Å². The molecule has 0 unspecified atom stereocenters.